The van der Waals surface area contributed by atoms with Gasteiger partial charge in [-0.05, 0) is 29.7 Å². The molecule has 9 heteroatoms. The number of hydrogen-bond acceptors (Lipinski definition) is 7. The molecule has 0 bridgehead atoms. The number of rotatable bonds is 9. The maximum absolute atomic E-state index is 13.4. The maximum atomic E-state index is 13.4. The molecule has 0 aliphatic rings. The van der Waals surface area contributed by atoms with Gasteiger partial charge in [0.05, 0.1) is 39.2 Å². The van der Waals surface area contributed by atoms with E-state index >= 15 is 0 Å². The molecule has 0 spiro atoms. The van der Waals surface area contributed by atoms with E-state index in [1.807, 2.05) is 13.8 Å². The molecule has 1 heterocycles. The summed E-state index contributed by atoms with van der Waals surface area (Å²) in [7, 11) is 4.31. The van der Waals surface area contributed by atoms with Gasteiger partial charge in [0.25, 0.3) is 11.5 Å². The van der Waals surface area contributed by atoms with Gasteiger partial charge in [0.2, 0.25) is 0 Å². The summed E-state index contributed by atoms with van der Waals surface area (Å²) in [6.07, 6.45) is -0.110. The first-order chi connectivity index (χ1) is 16.3. The molecular formula is C25H29N3O6. The van der Waals surface area contributed by atoms with E-state index in [0.717, 1.165) is 0 Å². The lowest BCUT2D eigenvalue weighted by Gasteiger charge is -2.20. The molecule has 3 rings (SSSR count). The van der Waals surface area contributed by atoms with Crippen molar-refractivity contribution in [3.8, 4) is 11.5 Å². The first kappa shape index (κ1) is 24.8. The largest absolute Gasteiger partial charge is 0.493 e. The lowest BCUT2D eigenvalue weighted by Crippen LogP contribution is -2.34. The second-order valence-corrected chi connectivity index (χ2v) is 8.20. The number of fused-ring (bicyclic) bond motifs is 1. The number of esters is 1. The van der Waals surface area contributed by atoms with Crippen LogP contribution in [0.25, 0.3) is 10.8 Å². The molecule has 0 aliphatic carbocycles. The maximum Gasteiger partial charge on any atom is 0.307 e. The molecule has 1 aromatic heterocycles. The molecule has 2 aromatic carbocycles. The first-order valence-corrected chi connectivity index (χ1v) is 10.9. The standard InChI is InChI=1S/C25H29N3O6/c1-15(2)14-28-25(31)18-9-7-6-8-17(18)23(27-28)24(30)26-19(13-22(29)34-5)16-10-11-20(32-3)21(12-16)33-4/h6-12,15,19H,13-14H2,1-5H3,(H,26,30). The summed E-state index contributed by atoms with van der Waals surface area (Å²) in [5.74, 6) is 0.113. The van der Waals surface area contributed by atoms with E-state index in [2.05, 4.69) is 10.4 Å². The molecule has 180 valence electrons. The van der Waals surface area contributed by atoms with Crippen LogP contribution in [0.2, 0.25) is 0 Å². The number of nitrogens with zero attached hydrogens (tertiary/aromatic N) is 2. The number of hydrogen-bond donors (Lipinski definition) is 1. The summed E-state index contributed by atoms with van der Waals surface area (Å²) < 4.78 is 16.8. The molecule has 0 aliphatic heterocycles. The Balaban J connectivity index is 2.05. The fourth-order valence-corrected chi connectivity index (χ4v) is 3.67. The number of carbonyl (C=O) groups excluding carboxylic acids is 2. The van der Waals surface area contributed by atoms with Crippen molar-refractivity contribution in [1.29, 1.82) is 0 Å². The third-order valence-corrected chi connectivity index (χ3v) is 5.33. The molecule has 1 unspecified atom stereocenters. The Hall–Kier alpha value is -3.88. The van der Waals surface area contributed by atoms with Crippen molar-refractivity contribution in [2.45, 2.75) is 32.9 Å². The molecule has 1 amide bonds. The fourth-order valence-electron chi connectivity index (χ4n) is 3.67. The van der Waals surface area contributed by atoms with E-state index in [-0.39, 0.29) is 23.6 Å². The van der Waals surface area contributed by atoms with Crippen molar-refractivity contribution in [2.24, 2.45) is 5.92 Å². The second-order valence-electron chi connectivity index (χ2n) is 8.20. The molecule has 9 nitrogen and oxygen atoms in total. The van der Waals surface area contributed by atoms with Crippen LogP contribution in [-0.4, -0.2) is 43.0 Å². The van der Waals surface area contributed by atoms with E-state index in [1.54, 1.807) is 42.5 Å². The predicted octanol–water partition coefficient (Wildman–Crippen LogP) is 3.10. The SMILES string of the molecule is COC(=O)CC(NC(=O)c1nn(CC(C)C)c(=O)c2ccccc12)c1ccc(OC)c(OC)c1. The summed E-state index contributed by atoms with van der Waals surface area (Å²) in [6.45, 7) is 4.30. The zero-order chi connectivity index (χ0) is 24.8. The van der Waals surface area contributed by atoms with Gasteiger partial charge in [-0.15, -0.1) is 0 Å². The zero-order valence-electron chi connectivity index (χ0n) is 20.0. The van der Waals surface area contributed by atoms with E-state index < -0.39 is 17.9 Å². The highest BCUT2D eigenvalue weighted by Gasteiger charge is 2.24. The quantitative estimate of drug-likeness (QED) is 0.482. The average molecular weight is 468 g/mol. The van der Waals surface area contributed by atoms with Crippen molar-refractivity contribution < 1.29 is 23.8 Å². The van der Waals surface area contributed by atoms with Gasteiger partial charge in [0.15, 0.2) is 17.2 Å². The van der Waals surface area contributed by atoms with Gasteiger partial charge in [0, 0.05) is 11.9 Å². The van der Waals surface area contributed by atoms with E-state index in [0.29, 0.717) is 34.4 Å². The van der Waals surface area contributed by atoms with Gasteiger partial charge in [0.1, 0.15) is 0 Å². The number of amides is 1. The minimum atomic E-state index is -0.731. The van der Waals surface area contributed by atoms with Crippen molar-refractivity contribution >= 4 is 22.6 Å². The highest BCUT2D eigenvalue weighted by atomic mass is 16.5. The van der Waals surface area contributed by atoms with Crippen LogP contribution in [0.5, 0.6) is 11.5 Å². The van der Waals surface area contributed by atoms with Gasteiger partial charge in [-0.2, -0.15) is 5.10 Å². The van der Waals surface area contributed by atoms with Crippen LogP contribution in [-0.2, 0) is 16.1 Å². The van der Waals surface area contributed by atoms with Crippen LogP contribution < -0.4 is 20.3 Å². The summed E-state index contributed by atoms with van der Waals surface area (Å²) in [6, 6.07) is 11.2. The molecule has 1 atom stereocenters. The Bertz CT molecular complexity index is 1250. The van der Waals surface area contributed by atoms with Gasteiger partial charge < -0.3 is 19.5 Å². The fraction of sp³-hybridized carbons (Fsp3) is 0.360. The highest BCUT2D eigenvalue weighted by Crippen LogP contribution is 2.31. The summed E-state index contributed by atoms with van der Waals surface area (Å²) in [4.78, 5) is 38.5. The van der Waals surface area contributed by atoms with Gasteiger partial charge >= 0.3 is 5.97 Å². The third kappa shape index (κ3) is 5.36. The monoisotopic (exact) mass is 467 g/mol. The van der Waals surface area contributed by atoms with Crippen LogP contribution >= 0.6 is 0 Å². The lowest BCUT2D eigenvalue weighted by molar-refractivity contribution is -0.141. The molecular weight excluding hydrogens is 438 g/mol. The number of nitrogens with one attached hydrogen (secondary N) is 1. The van der Waals surface area contributed by atoms with E-state index in [4.69, 9.17) is 14.2 Å². The minimum Gasteiger partial charge on any atom is -0.493 e. The zero-order valence-corrected chi connectivity index (χ0v) is 20.0. The van der Waals surface area contributed by atoms with Gasteiger partial charge in [-0.3, -0.25) is 14.4 Å². The molecule has 3 aromatic rings. The van der Waals surface area contributed by atoms with Gasteiger partial charge in [-0.1, -0.05) is 38.1 Å². The molecule has 1 N–H and O–H groups in total. The van der Waals surface area contributed by atoms with Gasteiger partial charge in [-0.25, -0.2) is 4.68 Å². The van der Waals surface area contributed by atoms with Crippen molar-refractivity contribution in [1.82, 2.24) is 15.1 Å². The Morgan fingerprint density at radius 3 is 2.29 bits per heavy atom. The summed E-state index contributed by atoms with van der Waals surface area (Å²) in [5.41, 5.74) is 0.467. The Morgan fingerprint density at radius 2 is 1.68 bits per heavy atom. The Morgan fingerprint density at radius 1 is 1.00 bits per heavy atom. The molecule has 0 radical (unpaired) electrons. The molecule has 0 saturated carbocycles. The first-order valence-electron chi connectivity index (χ1n) is 10.9. The van der Waals surface area contributed by atoms with Crippen LogP contribution in [0.4, 0.5) is 0 Å². The average Bonchev–Trinajstić information content (AvgIpc) is 2.84. The molecule has 34 heavy (non-hydrogen) atoms. The normalized spacial score (nSPS) is 11.8. The van der Waals surface area contributed by atoms with Crippen molar-refractivity contribution in [3.63, 3.8) is 0 Å². The number of methoxy groups -OCH3 is 3. The molecule has 0 fully saturated rings. The predicted molar refractivity (Wildman–Crippen MR) is 127 cm³/mol. The number of carbonyl (C=O) groups is 2. The van der Waals surface area contributed by atoms with Crippen molar-refractivity contribution in [3.05, 3.63) is 64.1 Å². The lowest BCUT2D eigenvalue weighted by atomic mass is 10.0. The number of benzene rings is 2. The minimum absolute atomic E-state index is 0.103. The smallest absolute Gasteiger partial charge is 0.307 e. The molecule has 0 saturated heterocycles. The second kappa shape index (κ2) is 10.8. The van der Waals surface area contributed by atoms with E-state index in [9.17, 15) is 14.4 Å². The summed E-state index contributed by atoms with van der Waals surface area (Å²) in [5, 5.41) is 8.10. The number of aromatic nitrogens is 2. The van der Waals surface area contributed by atoms with Crippen LogP contribution in [0.15, 0.2) is 47.3 Å². The van der Waals surface area contributed by atoms with E-state index in [1.165, 1.54) is 26.0 Å². The summed E-state index contributed by atoms with van der Waals surface area (Å²) >= 11 is 0. The van der Waals surface area contributed by atoms with Crippen LogP contribution in [0.1, 0.15) is 42.4 Å². The van der Waals surface area contributed by atoms with Crippen molar-refractivity contribution in [2.75, 3.05) is 21.3 Å². The van der Waals surface area contributed by atoms with Crippen LogP contribution in [0.3, 0.4) is 0 Å². The Kier molecular flexibility index (Phi) is 7.88. The van der Waals surface area contributed by atoms with Crippen LogP contribution in [0, 0.1) is 5.92 Å². The highest BCUT2D eigenvalue weighted by molar-refractivity contribution is 6.05. The third-order valence-electron chi connectivity index (χ3n) is 5.33. The Labute approximate surface area is 197 Å². The topological polar surface area (TPSA) is 109 Å². The number of ether oxygens (including phenoxy) is 3.